The number of para-hydroxylation sites is 1. The predicted octanol–water partition coefficient (Wildman–Crippen LogP) is 4.61. The molecule has 6 heteroatoms. The van der Waals surface area contributed by atoms with Crippen molar-refractivity contribution in [2.45, 2.75) is 56.9 Å². The van der Waals surface area contributed by atoms with E-state index >= 15 is 0 Å². The lowest BCUT2D eigenvalue weighted by molar-refractivity contribution is -0.143. The number of esters is 1. The summed E-state index contributed by atoms with van der Waals surface area (Å²) < 4.78 is 20.1. The molecule has 2 atom stereocenters. The van der Waals surface area contributed by atoms with Crippen LogP contribution in [0, 0.1) is 6.92 Å². The van der Waals surface area contributed by atoms with Crippen LogP contribution in [0.4, 0.5) is 5.69 Å². The van der Waals surface area contributed by atoms with Crippen LogP contribution < -0.4 is 9.62 Å². The maximum Gasteiger partial charge on any atom is 0.305 e. The third-order valence-corrected chi connectivity index (χ3v) is 7.09. The summed E-state index contributed by atoms with van der Waals surface area (Å²) in [5, 5.41) is 3.71. The molecule has 2 aromatic carbocycles. The number of aryl methyl sites for hydroxylation is 1. The average molecular weight is 430 g/mol. The summed E-state index contributed by atoms with van der Waals surface area (Å²) in [7, 11) is 0.251. The van der Waals surface area contributed by atoms with Crippen LogP contribution in [0.25, 0.3) is 0 Å². The molecule has 0 saturated carbocycles. The Morgan fingerprint density at radius 2 is 1.87 bits per heavy atom. The molecule has 0 spiro atoms. The van der Waals surface area contributed by atoms with E-state index in [9.17, 15) is 9.00 Å². The fourth-order valence-electron chi connectivity index (χ4n) is 3.96. The van der Waals surface area contributed by atoms with E-state index in [4.69, 9.17) is 4.74 Å². The molecule has 1 heterocycles. The highest BCUT2D eigenvalue weighted by Gasteiger charge is 2.33. The number of nitrogens with one attached hydrogen (secondary N) is 1. The second kappa shape index (κ2) is 10.7. The second-order valence-corrected chi connectivity index (χ2v) is 9.40. The SMILES string of the molecule is CCOC(=O)CCCCCCNC1c2ccccc2N(C)[SH+](=O)c2cc(C)ccc21. The van der Waals surface area contributed by atoms with Crippen molar-refractivity contribution in [3.63, 3.8) is 0 Å². The van der Waals surface area contributed by atoms with Gasteiger partial charge in [0.25, 0.3) is 0 Å². The van der Waals surface area contributed by atoms with Crippen molar-refractivity contribution in [1.82, 2.24) is 5.32 Å². The Labute approximate surface area is 182 Å². The number of hydrogen-bond acceptors (Lipinski definition) is 4. The normalized spacial score (nSPS) is 17.8. The van der Waals surface area contributed by atoms with Crippen LogP contribution in [0.1, 0.15) is 61.8 Å². The van der Waals surface area contributed by atoms with Gasteiger partial charge in [-0.05, 0) is 50.9 Å². The van der Waals surface area contributed by atoms with Gasteiger partial charge >= 0.3 is 5.97 Å². The molecule has 5 nitrogen and oxygen atoms in total. The summed E-state index contributed by atoms with van der Waals surface area (Å²) in [4.78, 5) is 12.3. The zero-order chi connectivity index (χ0) is 21.5. The molecule has 30 heavy (non-hydrogen) atoms. The van der Waals surface area contributed by atoms with E-state index in [1.807, 2.05) is 43.4 Å². The Bertz CT molecular complexity index is 900. The van der Waals surface area contributed by atoms with Crippen molar-refractivity contribution in [2.75, 3.05) is 24.5 Å². The van der Waals surface area contributed by atoms with Gasteiger partial charge in [0.15, 0.2) is 15.9 Å². The topological polar surface area (TPSA) is 58.6 Å². The number of hydrogen-bond donors (Lipinski definition) is 1. The highest BCUT2D eigenvalue weighted by molar-refractivity contribution is 7.86. The van der Waals surface area contributed by atoms with Gasteiger partial charge in [-0.1, -0.05) is 47.4 Å². The van der Waals surface area contributed by atoms with Crippen molar-refractivity contribution < 1.29 is 13.7 Å². The van der Waals surface area contributed by atoms with Crippen LogP contribution >= 0.6 is 0 Å². The minimum atomic E-state index is -1.66. The number of rotatable bonds is 9. The lowest BCUT2D eigenvalue weighted by Crippen LogP contribution is -2.24. The van der Waals surface area contributed by atoms with Gasteiger partial charge in [0, 0.05) is 17.5 Å². The second-order valence-electron chi connectivity index (χ2n) is 7.77. The van der Waals surface area contributed by atoms with Crippen LogP contribution in [0.3, 0.4) is 0 Å². The number of benzene rings is 2. The molecule has 2 unspecified atom stereocenters. The van der Waals surface area contributed by atoms with E-state index < -0.39 is 11.0 Å². The van der Waals surface area contributed by atoms with E-state index in [0.717, 1.165) is 59.5 Å². The maximum absolute atomic E-state index is 13.3. The van der Waals surface area contributed by atoms with Crippen LogP contribution in [0.5, 0.6) is 0 Å². The Kier molecular flexibility index (Phi) is 8.05. The number of anilines is 1. The molecular weight excluding hydrogens is 396 g/mol. The molecule has 1 N–H and O–H groups in total. The lowest BCUT2D eigenvalue weighted by atomic mass is 9.96. The molecule has 0 amide bonds. The first kappa shape index (κ1) is 22.5. The minimum Gasteiger partial charge on any atom is -0.466 e. The van der Waals surface area contributed by atoms with Crippen molar-refractivity contribution in [2.24, 2.45) is 0 Å². The van der Waals surface area contributed by atoms with E-state index in [1.165, 1.54) is 0 Å². The number of ether oxygens (including phenoxy) is 1. The van der Waals surface area contributed by atoms with Gasteiger partial charge in [-0.3, -0.25) is 4.79 Å². The summed E-state index contributed by atoms with van der Waals surface area (Å²) in [6.07, 6.45) is 4.49. The molecule has 0 bridgehead atoms. The molecule has 3 rings (SSSR count). The van der Waals surface area contributed by atoms with Gasteiger partial charge in [0.1, 0.15) is 0 Å². The molecule has 0 aliphatic carbocycles. The lowest BCUT2D eigenvalue weighted by Gasteiger charge is -2.20. The van der Waals surface area contributed by atoms with Gasteiger partial charge in [0.2, 0.25) is 0 Å². The molecule has 0 aromatic heterocycles. The monoisotopic (exact) mass is 429 g/mol. The van der Waals surface area contributed by atoms with Gasteiger partial charge in [0.05, 0.1) is 25.4 Å². The standard InChI is InChI=1S/C24H32N2O3S/c1-4-29-23(27)13-7-5-6-10-16-25-24-19-11-8-9-12-21(19)26(3)30(28)22-17-18(2)14-15-20(22)24/h8-9,11-12,14-15,17,24-25H,4-7,10,13,16H2,1-3H3/p+1. The summed E-state index contributed by atoms with van der Waals surface area (Å²) in [6.45, 7) is 5.20. The zero-order valence-corrected chi connectivity index (χ0v) is 19.1. The van der Waals surface area contributed by atoms with E-state index in [-0.39, 0.29) is 12.0 Å². The predicted molar refractivity (Wildman–Crippen MR) is 123 cm³/mol. The largest absolute Gasteiger partial charge is 0.466 e. The first-order valence-electron chi connectivity index (χ1n) is 10.8. The smallest absolute Gasteiger partial charge is 0.305 e. The maximum atomic E-state index is 13.3. The molecule has 162 valence electrons. The number of carbonyl (C=O) groups is 1. The van der Waals surface area contributed by atoms with Crippen LogP contribution in [0.15, 0.2) is 47.4 Å². The quantitative estimate of drug-likeness (QED) is 0.274. The summed E-state index contributed by atoms with van der Waals surface area (Å²) >= 11 is 0. The molecular formula is C24H33N2O3S+. The van der Waals surface area contributed by atoms with Crippen molar-refractivity contribution in [1.29, 1.82) is 0 Å². The summed E-state index contributed by atoms with van der Waals surface area (Å²) in [5.41, 5.74) is 4.39. The summed E-state index contributed by atoms with van der Waals surface area (Å²) in [5.74, 6) is -0.101. The van der Waals surface area contributed by atoms with Gasteiger partial charge < -0.3 is 10.1 Å². The third-order valence-electron chi connectivity index (χ3n) is 5.53. The molecule has 1 aliphatic rings. The Morgan fingerprint density at radius 3 is 2.67 bits per heavy atom. The number of carbonyl (C=O) groups excluding carboxylic acids is 1. The number of nitrogens with zero attached hydrogens (tertiary/aromatic N) is 1. The van der Waals surface area contributed by atoms with Crippen LogP contribution in [-0.4, -0.2) is 26.2 Å². The third kappa shape index (κ3) is 5.29. The number of fused-ring (bicyclic) bond motifs is 2. The first-order valence-corrected chi connectivity index (χ1v) is 12.0. The Hall–Kier alpha value is -2.18. The van der Waals surface area contributed by atoms with Crippen molar-refractivity contribution in [3.8, 4) is 0 Å². The van der Waals surface area contributed by atoms with Crippen molar-refractivity contribution >= 4 is 22.6 Å². The molecule has 2 aromatic rings. The van der Waals surface area contributed by atoms with Crippen LogP contribution in [0.2, 0.25) is 0 Å². The van der Waals surface area contributed by atoms with Gasteiger partial charge in [-0.15, -0.1) is 0 Å². The van der Waals surface area contributed by atoms with E-state index in [1.54, 1.807) is 0 Å². The Balaban J connectivity index is 1.67. The molecule has 1 aliphatic heterocycles. The fraction of sp³-hybridized carbons (Fsp3) is 0.458. The van der Waals surface area contributed by atoms with E-state index in [0.29, 0.717) is 13.0 Å². The minimum absolute atomic E-state index is 0.0141. The molecule has 0 radical (unpaired) electrons. The molecule has 0 saturated heterocycles. The van der Waals surface area contributed by atoms with Crippen molar-refractivity contribution in [3.05, 3.63) is 59.2 Å². The number of thiol groups is 1. The highest BCUT2D eigenvalue weighted by Crippen LogP contribution is 2.38. The highest BCUT2D eigenvalue weighted by atomic mass is 32.2. The van der Waals surface area contributed by atoms with Gasteiger partial charge in [-0.2, -0.15) is 4.31 Å². The zero-order valence-electron chi connectivity index (χ0n) is 18.2. The Morgan fingerprint density at radius 1 is 1.10 bits per heavy atom. The number of unbranched alkanes of at least 4 members (excludes halogenated alkanes) is 3. The first-order chi connectivity index (χ1) is 14.5. The molecule has 0 fully saturated rings. The van der Waals surface area contributed by atoms with E-state index in [2.05, 4.69) is 29.6 Å². The average Bonchev–Trinajstić information content (AvgIpc) is 2.82. The van der Waals surface area contributed by atoms with Crippen LogP contribution in [-0.2, 0) is 24.7 Å². The fourth-order valence-corrected chi connectivity index (χ4v) is 5.40. The van der Waals surface area contributed by atoms with Gasteiger partial charge in [-0.25, -0.2) is 0 Å². The summed E-state index contributed by atoms with van der Waals surface area (Å²) in [6, 6.07) is 14.5.